The number of hydrogen-bond donors (Lipinski definition) is 0. The van der Waals surface area contributed by atoms with Gasteiger partial charge >= 0.3 is 0 Å². The summed E-state index contributed by atoms with van der Waals surface area (Å²) in [7, 11) is 0. The third-order valence-electron chi connectivity index (χ3n) is 13.4. The lowest BCUT2D eigenvalue weighted by molar-refractivity contribution is 0.636. The van der Waals surface area contributed by atoms with Gasteiger partial charge in [0.15, 0.2) is 0 Å². The Morgan fingerprint density at radius 2 is 0.791 bits per heavy atom. The Morgan fingerprint density at radius 3 is 1.51 bits per heavy atom. The van der Waals surface area contributed by atoms with Gasteiger partial charge in [-0.05, 0) is 111 Å². The summed E-state index contributed by atoms with van der Waals surface area (Å²) in [6.07, 6.45) is 0. The molecule has 0 saturated heterocycles. The number of rotatable bonds is 8. The Bertz CT molecular complexity index is 3960. The first-order valence-electron chi connectivity index (χ1n) is 22.9. The first-order valence-corrected chi connectivity index (χ1v) is 22.9. The lowest BCUT2D eigenvalue weighted by atomic mass is 9.92. The van der Waals surface area contributed by atoms with E-state index in [1.165, 1.54) is 49.1 Å². The van der Waals surface area contributed by atoms with Crippen molar-refractivity contribution in [2.45, 2.75) is 0 Å². The van der Waals surface area contributed by atoms with Crippen LogP contribution in [0.3, 0.4) is 0 Å². The molecule has 13 rings (SSSR count). The average Bonchev–Trinajstić information content (AvgIpc) is 3.97. The quantitative estimate of drug-likeness (QED) is 0.142. The number of fused-ring (bicyclic) bond motifs is 9. The van der Waals surface area contributed by atoms with Crippen molar-refractivity contribution in [1.29, 1.82) is 0 Å². The van der Waals surface area contributed by atoms with E-state index < -0.39 is 0 Å². The molecule has 11 aromatic carbocycles. The molecule has 67 heavy (non-hydrogen) atoms. The summed E-state index contributed by atoms with van der Waals surface area (Å²) in [6.45, 7) is 0. The molecule has 3 nitrogen and oxygen atoms in total. The SMILES string of the molecule is c1ccc(-c2ccc(N(c3cccc(-c4ccc5c(c4)c4ccccc4n5-c4ccccc4)c3)c3cccc(-c4c(-c5ccccc5)oc5c6ccccc6c6ccccc6c45)c3)cc2)cc1. The van der Waals surface area contributed by atoms with Crippen LogP contribution in [0.4, 0.5) is 17.1 Å². The van der Waals surface area contributed by atoms with Gasteiger partial charge in [-0.25, -0.2) is 0 Å². The van der Waals surface area contributed by atoms with Gasteiger partial charge in [0.2, 0.25) is 0 Å². The van der Waals surface area contributed by atoms with Crippen LogP contribution in [0, 0.1) is 0 Å². The van der Waals surface area contributed by atoms with Gasteiger partial charge in [-0.1, -0.05) is 188 Å². The predicted octanol–water partition coefficient (Wildman–Crippen LogP) is 18.0. The first-order chi connectivity index (χ1) is 33.2. The van der Waals surface area contributed by atoms with Gasteiger partial charge in [-0.2, -0.15) is 0 Å². The third kappa shape index (κ3) is 6.51. The predicted molar refractivity (Wildman–Crippen MR) is 282 cm³/mol. The van der Waals surface area contributed by atoms with Gasteiger partial charge in [0.25, 0.3) is 0 Å². The smallest absolute Gasteiger partial charge is 0.143 e. The lowest BCUT2D eigenvalue weighted by Gasteiger charge is -2.27. The van der Waals surface area contributed by atoms with E-state index >= 15 is 0 Å². The highest BCUT2D eigenvalue weighted by atomic mass is 16.3. The largest absolute Gasteiger partial charge is 0.455 e. The van der Waals surface area contributed by atoms with E-state index in [0.29, 0.717) is 0 Å². The minimum Gasteiger partial charge on any atom is -0.455 e. The standard InChI is InChI=1S/C64H42N2O/c1-4-18-43(19-5-1)44-34-37-50(38-35-44)65(51-26-16-22-46(40-51)47-36-39-60-58(42-47)55-30-14-15-33-59(55)66(60)49-24-8-3-9-25-49)52-27-17-23-48(41-52)61-62-56-31-12-10-28-53(56)54-29-11-13-32-57(54)64(62)67-63(61)45-20-6-2-7-21-45/h1-42H. The van der Waals surface area contributed by atoms with Crippen molar-refractivity contribution in [2.75, 3.05) is 4.90 Å². The second-order valence-corrected chi connectivity index (χ2v) is 17.2. The summed E-state index contributed by atoms with van der Waals surface area (Å²) in [4.78, 5) is 2.39. The van der Waals surface area contributed by atoms with Crippen molar-refractivity contribution in [3.8, 4) is 50.4 Å². The van der Waals surface area contributed by atoms with Crippen LogP contribution in [0.15, 0.2) is 259 Å². The summed E-state index contributed by atoms with van der Waals surface area (Å²) in [6, 6.07) is 91.7. The van der Waals surface area contributed by atoms with E-state index in [1.54, 1.807) is 0 Å². The molecule has 0 atom stereocenters. The van der Waals surface area contributed by atoms with Crippen LogP contribution in [0.25, 0.3) is 105 Å². The molecule has 314 valence electrons. The van der Waals surface area contributed by atoms with Gasteiger partial charge in [-0.15, -0.1) is 0 Å². The van der Waals surface area contributed by atoms with Crippen LogP contribution in [-0.4, -0.2) is 4.57 Å². The molecule has 0 aliphatic heterocycles. The van der Waals surface area contributed by atoms with Crippen LogP contribution in [0.5, 0.6) is 0 Å². The maximum absolute atomic E-state index is 7.12. The summed E-state index contributed by atoms with van der Waals surface area (Å²) in [5.74, 6) is 0.860. The van der Waals surface area contributed by atoms with Crippen molar-refractivity contribution in [3.05, 3.63) is 255 Å². The molecule has 0 saturated carbocycles. The maximum atomic E-state index is 7.12. The molecule has 0 spiro atoms. The topological polar surface area (TPSA) is 21.3 Å². The Hall–Kier alpha value is -8.92. The molecule has 0 aliphatic rings. The van der Waals surface area contributed by atoms with Crippen molar-refractivity contribution >= 4 is 71.4 Å². The minimum absolute atomic E-state index is 0.860. The van der Waals surface area contributed by atoms with Crippen LogP contribution in [-0.2, 0) is 0 Å². The van der Waals surface area contributed by atoms with Crippen LogP contribution in [0.1, 0.15) is 0 Å². The number of anilines is 3. The molecule has 2 aromatic heterocycles. The number of benzene rings is 11. The molecular formula is C64H42N2O. The highest BCUT2D eigenvalue weighted by molar-refractivity contribution is 6.28. The van der Waals surface area contributed by atoms with Crippen LogP contribution >= 0.6 is 0 Å². The van der Waals surface area contributed by atoms with E-state index in [0.717, 1.165) is 72.7 Å². The second kappa shape index (κ2) is 16.0. The summed E-state index contributed by atoms with van der Waals surface area (Å²) in [5, 5.41) is 8.26. The zero-order chi connectivity index (χ0) is 44.3. The minimum atomic E-state index is 0.860. The Balaban J connectivity index is 1.00. The molecule has 13 aromatic rings. The Morgan fingerprint density at radius 1 is 0.299 bits per heavy atom. The average molecular weight is 855 g/mol. The molecule has 0 unspecified atom stereocenters. The fraction of sp³-hybridized carbons (Fsp3) is 0. The lowest BCUT2D eigenvalue weighted by Crippen LogP contribution is -2.10. The molecule has 3 heteroatoms. The van der Waals surface area contributed by atoms with E-state index in [2.05, 4.69) is 264 Å². The normalized spacial score (nSPS) is 11.6. The number of para-hydroxylation sites is 2. The zero-order valence-corrected chi connectivity index (χ0v) is 36.6. The third-order valence-corrected chi connectivity index (χ3v) is 13.4. The van der Waals surface area contributed by atoms with E-state index in [-0.39, 0.29) is 0 Å². The molecule has 0 N–H and O–H groups in total. The van der Waals surface area contributed by atoms with Gasteiger partial charge in [0, 0.05) is 55.4 Å². The first kappa shape index (κ1) is 38.5. The molecular weight excluding hydrogens is 813 g/mol. The number of furan rings is 1. The summed E-state index contributed by atoms with van der Waals surface area (Å²) >= 11 is 0. The van der Waals surface area contributed by atoms with Crippen molar-refractivity contribution in [2.24, 2.45) is 0 Å². The summed E-state index contributed by atoms with van der Waals surface area (Å²) in [5.41, 5.74) is 15.5. The number of nitrogens with zero attached hydrogens (tertiary/aromatic N) is 2. The number of hydrogen-bond acceptors (Lipinski definition) is 2. The molecule has 0 amide bonds. The second-order valence-electron chi connectivity index (χ2n) is 17.2. The molecule has 0 bridgehead atoms. The summed E-state index contributed by atoms with van der Waals surface area (Å²) < 4.78 is 9.49. The molecule has 0 radical (unpaired) electrons. The van der Waals surface area contributed by atoms with Crippen molar-refractivity contribution in [3.63, 3.8) is 0 Å². The van der Waals surface area contributed by atoms with Crippen LogP contribution < -0.4 is 4.90 Å². The fourth-order valence-electron chi connectivity index (χ4n) is 10.3. The highest BCUT2D eigenvalue weighted by Crippen LogP contribution is 2.49. The molecule has 0 fully saturated rings. The maximum Gasteiger partial charge on any atom is 0.143 e. The van der Waals surface area contributed by atoms with Gasteiger partial charge in [0.05, 0.1) is 11.0 Å². The van der Waals surface area contributed by atoms with E-state index in [4.69, 9.17) is 4.42 Å². The number of aromatic nitrogens is 1. The van der Waals surface area contributed by atoms with E-state index in [1.807, 2.05) is 0 Å². The monoisotopic (exact) mass is 854 g/mol. The van der Waals surface area contributed by atoms with Gasteiger partial charge in [-0.3, -0.25) is 0 Å². The molecule has 0 aliphatic carbocycles. The van der Waals surface area contributed by atoms with Crippen molar-refractivity contribution < 1.29 is 4.42 Å². The Labute approximate surface area is 388 Å². The fourth-order valence-corrected chi connectivity index (χ4v) is 10.3. The Kier molecular flexibility index (Phi) is 9.17. The van der Waals surface area contributed by atoms with Gasteiger partial charge in [0.1, 0.15) is 11.3 Å². The van der Waals surface area contributed by atoms with E-state index in [9.17, 15) is 0 Å². The van der Waals surface area contributed by atoms with Crippen molar-refractivity contribution in [1.82, 2.24) is 4.57 Å². The van der Waals surface area contributed by atoms with Crippen LogP contribution in [0.2, 0.25) is 0 Å². The highest BCUT2D eigenvalue weighted by Gasteiger charge is 2.24. The molecule has 2 heterocycles. The zero-order valence-electron chi connectivity index (χ0n) is 36.6. The van der Waals surface area contributed by atoms with Gasteiger partial charge < -0.3 is 13.9 Å².